The summed E-state index contributed by atoms with van der Waals surface area (Å²) in [5.74, 6) is 7.39. The molecule has 0 bridgehead atoms. The van der Waals surface area contributed by atoms with E-state index in [0.717, 1.165) is 11.1 Å². The fourth-order valence-corrected chi connectivity index (χ4v) is 4.33. The zero-order valence-corrected chi connectivity index (χ0v) is 21.0. The van der Waals surface area contributed by atoms with Gasteiger partial charge in [-0.2, -0.15) is 0 Å². The van der Waals surface area contributed by atoms with Gasteiger partial charge in [-0.1, -0.05) is 59.8 Å². The number of halogens is 1. The molecule has 0 aliphatic carbocycles. The minimum absolute atomic E-state index is 0.0675. The number of aliphatic hydroxyl groups excluding tert-OH is 1. The molecule has 5 aromatic rings. The van der Waals surface area contributed by atoms with Gasteiger partial charge in [-0.15, -0.1) is 0 Å². The molecule has 0 fully saturated rings. The van der Waals surface area contributed by atoms with Crippen LogP contribution in [0.3, 0.4) is 0 Å². The van der Waals surface area contributed by atoms with Crippen molar-refractivity contribution >= 4 is 34.1 Å². The molecule has 188 valence electrons. The number of para-hydroxylation sites is 1. The second-order valence-electron chi connectivity index (χ2n) is 8.41. The maximum atomic E-state index is 13.5. The van der Waals surface area contributed by atoms with Crippen molar-refractivity contribution in [2.24, 2.45) is 0 Å². The Labute approximate surface area is 223 Å². The Morgan fingerprint density at radius 3 is 2.63 bits per heavy atom. The van der Waals surface area contributed by atoms with Gasteiger partial charge in [-0.3, -0.25) is 9.36 Å². The van der Waals surface area contributed by atoms with Crippen LogP contribution in [0.2, 0.25) is 5.02 Å². The molecule has 0 aliphatic rings. The van der Waals surface area contributed by atoms with E-state index in [2.05, 4.69) is 27.1 Å². The van der Waals surface area contributed by atoms with E-state index in [0.29, 0.717) is 51.8 Å². The number of hydrogen-bond donors (Lipinski definition) is 3. The number of nitrogens with two attached hydrogens (primary N) is 1. The SMILES string of the molecule is Nc1ncnc(NCCc2nc3cccc(Cl)c3c(=O)n2-c2ccccc2)c1C#Cc1cccc(CO)c1. The molecule has 0 radical (unpaired) electrons. The number of nitrogens with one attached hydrogen (secondary N) is 1. The van der Waals surface area contributed by atoms with Crippen LogP contribution >= 0.6 is 11.6 Å². The molecule has 0 atom stereocenters. The fourth-order valence-electron chi connectivity index (χ4n) is 4.08. The lowest BCUT2D eigenvalue weighted by molar-refractivity contribution is 0.282. The molecule has 0 unspecified atom stereocenters. The fraction of sp³-hybridized carbons (Fsp3) is 0.103. The van der Waals surface area contributed by atoms with Gasteiger partial charge in [0.25, 0.3) is 5.56 Å². The Morgan fingerprint density at radius 2 is 1.82 bits per heavy atom. The van der Waals surface area contributed by atoms with Gasteiger partial charge in [0.05, 0.1) is 28.2 Å². The van der Waals surface area contributed by atoms with Crippen LogP contribution in [0.5, 0.6) is 0 Å². The molecule has 8 nitrogen and oxygen atoms in total. The van der Waals surface area contributed by atoms with Crippen LogP contribution in [-0.4, -0.2) is 31.2 Å². The standard InChI is InChI=1S/C29H23ClN6O2/c30-23-10-5-11-24-26(23)29(38)36(21-8-2-1-3-9-21)25(35-24)14-15-32-28-22(27(31)33-18-34-28)13-12-19-6-4-7-20(16-19)17-37/h1-11,16,18,37H,14-15,17H2,(H3,31,32,33,34). The summed E-state index contributed by atoms with van der Waals surface area (Å²) < 4.78 is 1.58. The first kappa shape index (κ1) is 25.0. The normalized spacial score (nSPS) is 10.7. The number of aliphatic hydroxyl groups is 1. The largest absolute Gasteiger partial charge is 0.392 e. The predicted molar refractivity (Wildman–Crippen MR) is 149 cm³/mol. The maximum Gasteiger partial charge on any atom is 0.267 e. The van der Waals surface area contributed by atoms with Crippen LogP contribution in [0.4, 0.5) is 11.6 Å². The van der Waals surface area contributed by atoms with Crippen LogP contribution in [0.15, 0.2) is 83.9 Å². The Kier molecular flexibility index (Phi) is 7.31. The molecule has 0 spiro atoms. The molecule has 0 saturated carbocycles. The van der Waals surface area contributed by atoms with Crippen LogP contribution < -0.4 is 16.6 Å². The second-order valence-corrected chi connectivity index (χ2v) is 8.81. The molecule has 2 aromatic heterocycles. The molecule has 9 heteroatoms. The number of fused-ring (bicyclic) bond motifs is 1. The van der Waals surface area contributed by atoms with Gasteiger partial charge in [0.1, 0.15) is 29.4 Å². The molecule has 3 aromatic carbocycles. The highest BCUT2D eigenvalue weighted by molar-refractivity contribution is 6.35. The summed E-state index contributed by atoms with van der Waals surface area (Å²) in [4.78, 5) is 26.7. The highest BCUT2D eigenvalue weighted by atomic mass is 35.5. The van der Waals surface area contributed by atoms with Crippen molar-refractivity contribution in [3.63, 3.8) is 0 Å². The van der Waals surface area contributed by atoms with E-state index in [1.807, 2.05) is 48.5 Å². The highest BCUT2D eigenvalue weighted by Crippen LogP contribution is 2.21. The molecular formula is C29H23ClN6O2. The van der Waals surface area contributed by atoms with E-state index < -0.39 is 0 Å². The lowest BCUT2D eigenvalue weighted by Gasteiger charge is -2.15. The number of rotatable bonds is 6. The molecule has 0 amide bonds. The van der Waals surface area contributed by atoms with Crippen molar-refractivity contribution in [3.8, 4) is 17.5 Å². The molecule has 4 N–H and O–H groups in total. The van der Waals surface area contributed by atoms with Gasteiger partial charge in [0, 0.05) is 18.5 Å². The van der Waals surface area contributed by atoms with Crippen molar-refractivity contribution in [2.75, 3.05) is 17.6 Å². The van der Waals surface area contributed by atoms with Crippen LogP contribution in [0, 0.1) is 11.8 Å². The summed E-state index contributed by atoms with van der Waals surface area (Å²) in [6.07, 6.45) is 1.77. The summed E-state index contributed by atoms with van der Waals surface area (Å²) in [5, 5.41) is 13.4. The van der Waals surface area contributed by atoms with Crippen LogP contribution in [0.1, 0.15) is 22.5 Å². The van der Waals surface area contributed by atoms with E-state index in [4.69, 9.17) is 22.3 Å². The predicted octanol–water partition coefficient (Wildman–Crippen LogP) is 3.96. The van der Waals surface area contributed by atoms with Gasteiger partial charge in [0.15, 0.2) is 0 Å². The first-order valence-electron chi connectivity index (χ1n) is 11.9. The monoisotopic (exact) mass is 522 g/mol. The van der Waals surface area contributed by atoms with E-state index in [1.54, 1.807) is 28.8 Å². The zero-order valence-electron chi connectivity index (χ0n) is 20.2. The quantitative estimate of drug-likeness (QED) is 0.289. The first-order chi connectivity index (χ1) is 18.5. The Hall–Kier alpha value is -4.71. The summed E-state index contributed by atoms with van der Waals surface area (Å²) >= 11 is 6.36. The van der Waals surface area contributed by atoms with Gasteiger partial charge in [0.2, 0.25) is 0 Å². The number of aromatic nitrogens is 4. The Bertz CT molecular complexity index is 1740. The van der Waals surface area contributed by atoms with Crippen molar-refractivity contribution in [1.29, 1.82) is 0 Å². The molecule has 2 heterocycles. The van der Waals surface area contributed by atoms with Gasteiger partial charge >= 0.3 is 0 Å². The third-order valence-corrected chi connectivity index (χ3v) is 6.20. The number of hydrogen-bond acceptors (Lipinski definition) is 7. The van der Waals surface area contributed by atoms with E-state index >= 15 is 0 Å². The number of benzene rings is 3. The van der Waals surface area contributed by atoms with Crippen molar-refractivity contribution in [2.45, 2.75) is 13.0 Å². The minimum Gasteiger partial charge on any atom is -0.392 e. The van der Waals surface area contributed by atoms with Gasteiger partial charge in [-0.05, 0) is 42.0 Å². The van der Waals surface area contributed by atoms with Gasteiger partial charge < -0.3 is 16.2 Å². The van der Waals surface area contributed by atoms with E-state index in [1.165, 1.54) is 6.33 Å². The van der Waals surface area contributed by atoms with Gasteiger partial charge in [-0.25, -0.2) is 15.0 Å². The molecule has 0 saturated heterocycles. The molecule has 38 heavy (non-hydrogen) atoms. The smallest absolute Gasteiger partial charge is 0.267 e. The average molecular weight is 523 g/mol. The number of nitrogen functional groups attached to an aromatic ring is 1. The summed E-state index contributed by atoms with van der Waals surface area (Å²) in [5.41, 5.74) is 9.08. The lowest BCUT2D eigenvalue weighted by Crippen LogP contribution is -2.25. The third-order valence-electron chi connectivity index (χ3n) is 5.89. The Morgan fingerprint density at radius 1 is 1.00 bits per heavy atom. The topological polar surface area (TPSA) is 119 Å². The average Bonchev–Trinajstić information content (AvgIpc) is 2.93. The number of nitrogens with zero attached hydrogens (tertiary/aromatic N) is 4. The molecule has 5 rings (SSSR count). The van der Waals surface area contributed by atoms with Crippen LogP contribution in [-0.2, 0) is 13.0 Å². The molecular weight excluding hydrogens is 500 g/mol. The lowest BCUT2D eigenvalue weighted by atomic mass is 10.1. The molecule has 0 aliphatic heterocycles. The van der Waals surface area contributed by atoms with Crippen molar-refractivity contribution in [3.05, 3.63) is 117 Å². The second kappa shape index (κ2) is 11.1. The van der Waals surface area contributed by atoms with Crippen molar-refractivity contribution < 1.29 is 5.11 Å². The van der Waals surface area contributed by atoms with Crippen LogP contribution in [0.25, 0.3) is 16.6 Å². The summed E-state index contributed by atoms with van der Waals surface area (Å²) in [6.45, 7) is 0.332. The summed E-state index contributed by atoms with van der Waals surface area (Å²) in [7, 11) is 0. The van der Waals surface area contributed by atoms with Crippen molar-refractivity contribution in [1.82, 2.24) is 19.5 Å². The minimum atomic E-state index is -0.232. The zero-order chi connectivity index (χ0) is 26.5. The number of anilines is 2. The Balaban J connectivity index is 1.46. The summed E-state index contributed by atoms with van der Waals surface area (Å²) in [6, 6.07) is 21.9. The van der Waals surface area contributed by atoms with E-state index in [9.17, 15) is 9.90 Å². The highest BCUT2D eigenvalue weighted by Gasteiger charge is 2.15. The van der Waals surface area contributed by atoms with E-state index in [-0.39, 0.29) is 18.0 Å². The maximum absolute atomic E-state index is 13.5. The first-order valence-corrected chi connectivity index (χ1v) is 12.2. The third kappa shape index (κ3) is 5.20.